The smallest absolute Gasteiger partial charge is 0.234 e. The second-order valence-corrected chi connectivity index (χ2v) is 7.57. The minimum absolute atomic E-state index is 0.00305. The summed E-state index contributed by atoms with van der Waals surface area (Å²) < 4.78 is 25.6. The molecular weight excluding hydrogens is 296 g/mol. The molecule has 1 heterocycles. The molecule has 110 valence electrons. The molecule has 1 amide bonds. The van der Waals surface area contributed by atoms with E-state index in [1.807, 2.05) is 25.1 Å². The molecule has 2 N–H and O–H groups in total. The largest absolute Gasteiger partial charge is 0.324 e. The van der Waals surface area contributed by atoms with E-state index in [9.17, 15) is 13.2 Å². The molecule has 0 fully saturated rings. The molecule has 1 aliphatic heterocycles. The molecule has 0 bridgehead atoms. The topological polar surface area (TPSA) is 75.3 Å². The third kappa shape index (κ3) is 4.22. The molecular formula is C13H18N2O3S2. The molecule has 2 rings (SSSR count). The third-order valence-electron chi connectivity index (χ3n) is 2.89. The summed E-state index contributed by atoms with van der Waals surface area (Å²) >= 11 is 1.52. The van der Waals surface area contributed by atoms with Gasteiger partial charge in [0.05, 0.1) is 17.2 Å². The molecule has 1 aromatic carbocycles. The van der Waals surface area contributed by atoms with Gasteiger partial charge in [-0.15, -0.1) is 11.8 Å². The molecule has 0 saturated carbocycles. The molecule has 0 radical (unpaired) electrons. The second kappa shape index (κ2) is 6.60. The minimum atomic E-state index is -3.15. The summed E-state index contributed by atoms with van der Waals surface area (Å²) in [5, 5.41) is 2.83. The Hall–Kier alpha value is -1.05. The Balaban J connectivity index is 1.94. The number of benzene rings is 1. The first-order valence-corrected chi connectivity index (χ1v) is 9.17. The van der Waals surface area contributed by atoms with E-state index in [0.717, 1.165) is 16.1 Å². The van der Waals surface area contributed by atoms with Crippen LogP contribution in [0.2, 0.25) is 0 Å². The van der Waals surface area contributed by atoms with E-state index in [0.29, 0.717) is 25.1 Å². The second-order valence-electron chi connectivity index (χ2n) is 4.63. The van der Waals surface area contributed by atoms with Crippen LogP contribution in [0, 0.1) is 0 Å². The number of amides is 1. The lowest BCUT2D eigenvalue weighted by Crippen LogP contribution is -2.28. The Bertz CT molecular complexity index is 600. The van der Waals surface area contributed by atoms with Crippen molar-refractivity contribution in [3.8, 4) is 0 Å². The minimum Gasteiger partial charge on any atom is -0.324 e. The predicted molar refractivity (Wildman–Crippen MR) is 81.6 cm³/mol. The van der Waals surface area contributed by atoms with Gasteiger partial charge in [-0.1, -0.05) is 13.0 Å². The number of thioether (sulfide) groups is 1. The first-order chi connectivity index (χ1) is 9.50. The fourth-order valence-electron chi connectivity index (χ4n) is 1.98. The van der Waals surface area contributed by atoms with E-state index in [-0.39, 0.29) is 11.7 Å². The Morgan fingerprint density at radius 1 is 1.40 bits per heavy atom. The summed E-state index contributed by atoms with van der Waals surface area (Å²) in [4.78, 5) is 12.4. The summed E-state index contributed by atoms with van der Waals surface area (Å²) in [6.07, 6.45) is 1.22. The van der Waals surface area contributed by atoms with Gasteiger partial charge >= 0.3 is 0 Å². The van der Waals surface area contributed by atoms with Gasteiger partial charge in [0.1, 0.15) is 0 Å². The van der Waals surface area contributed by atoms with Gasteiger partial charge < -0.3 is 5.32 Å². The van der Waals surface area contributed by atoms with Crippen LogP contribution in [0.5, 0.6) is 0 Å². The van der Waals surface area contributed by atoms with Crippen LogP contribution >= 0.6 is 11.8 Å². The van der Waals surface area contributed by atoms with Crippen molar-refractivity contribution in [1.82, 2.24) is 4.72 Å². The van der Waals surface area contributed by atoms with E-state index >= 15 is 0 Å². The average Bonchev–Trinajstić information content (AvgIpc) is 2.38. The first kappa shape index (κ1) is 15.3. The van der Waals surface area contributed by atoms with E-state index in [4.69, 9.17) is 0 Å². The molecule has 20 heavy (non-hydrogen) atoms. The van der Waals surface area contributed by atoms with Crippen molar-refractivity contribution in [1.29, 1.82) is 0 Å². The lowest BCUT2D eigenvalue weighted by Gasteiger charge is -2.17. The van der Waals surface area contributed by atoms with Gasteiger partial charge in [0.15, 0.2) is 0 Å². The zero-order valence-electron chi connectivity index (χ0n) is 11.3. The average molecular weight is 314 g/mol. The van der Waals surface area contributed by atoms with Crippen LogP contribution in [0.1, 0.15) is 18.9 Å². The Morgan fingerprint density at radius 2 is 2.20 bits per heavy atom. The predicted octanol–water partition coefficient (Wildman–Crippen LogP) is 1.60. The number of fused-ring (bicyclic) bond motifs is 1. The van der Waals surface area contributed by atoms with Gasteiger partial charge in [-0.2, -0.15) is 0 Å². The van der Waals surface area contributed by atoms with Crippen LogP contribution < -0.4 is 10.0 Å². The number of carbonyl (C=O) groups is 1. The quantitative estimate of drug-likeness (QED) is 0.836. The first-order valence-electron chi connectivity index (χ1n) is 6.53. The highest BCUT2D eigenvalue weighted by Crippen LogP contribution is 2.31. The van der Waals surface area contributed by atoms with Crippen LogP contribution in [0.15, 0.2) is 23.1 Å². The zero-order chi connectivity index (χ0) is 14.6. The highest BCUT2D eigenvalue weighted by Gasteiger charge is 2.15. The number of hydrogen-bond acceptors (Lipinski definition) is 4. The van der Waals surface area contributed by atoms with E-state index in [2.05, 4.69) is 10.0 Å². The van der Waals surface area contributed by atoms with Gasteiger partial charge in [0, 0.05) is 11.4 Å². The van der Waals surface area contributed by atoms with Crippen LogP contribution in [0.3, 0.4) is 0 Å². The van der Waals surface area contributed by atoms with Crippen molar-refractivity contribution in [2.45, 2.75) is 24.7 Å². The lowest BCUT2D eigenvalue weighted by atomic mass is 10.1. The third-order valence-corrected chi connectivity index (χ3v) is 5.55. The molecule has 1 aromatic rings. The zero-order valence-corrected chi connectivity index (χ0v) is 12.9. The summed E-state index contributed by atoms with van der Waals surface area (Å²) in [5.41, 5.74) is 1.82. The molecule has 7 heteroatoms. The van der Waals surface area contributed by atoms with Crippen LogP contribution in [0.4, 0.5) is 5.69 Å². The summed E-state index contributed by atoms with van der Waals surface area (Å²) in [6.45, 7) is 2.21. The van der Waals surface area contributed by atoms with Crippen molar-refractivity contribution in [2.75, 3.05) is 23.4 Å². The number of sulfonamides is 1. The summed E-state index contributed by atoms with van der Waals surface area (Å²) in [6, 6.07) is 5.85. The highest BCUT2D eigenvalue weighted by molar-refractivity contribution is 8.00. The van der Waals surface area contributed by atoms with Gasteiger partial charge in [-0.25, -0.2) is 13.1 Å². The SMILES string of the molecule is CCCS(=O)(=O)NCCc1ccc2c(c1)NC(=O)CS2. The Labute approximate surface area is 123 Å². The van der Waals surface area contributed by atoms with Crippen molar-refractivity contribution in [3.63, 3.8) is 0 Å². The van der Waals surface area contributed by atoms with Crippen LogP contribution in [-0.2, 0) is 21.2 Å². The fourth-order valence-corrected chi connectivity index (χ4v) is 3.86. The number of nitrogens with one attached hydrogen (secondary N) is 2. The maximum absolute atomic E-state index is 11.5. The molecule has 0 spiro atoms. The molecule has 0 saturated heterocycles. The number of anilines is 1. The van der Waals surface area contributed by atoms with E-state index in [1.54, 1.807) is 0 Å². The lowest BCUT2D eigenvalue weighted by molar-refractivity contribution is -0.113. The molecule has 5 nitrogen and oxygen atoms in total. The van der Waals surface area contributed by atoms with Crippen molar-refractivity contribution in [3.05, 3.63) is 23.8 Å². The van der Waals surface area contributed by atoms with Crippen LogP contribution in [-0.4, -0.2) is 32.4 Å². The van der Waals surface area contributed by atoms with Crippen LogP contribution in [0.25, 0.3) is 0 Å². The Kier molecular flexibility index (Phi) is 5.06. The molecule has 0 atom stereocenters. The summed E-state index contributed by atoms with van der Waals surface area (Å²) in [5.74, 6) is 0.607. The molecule has 0 unspecified atom stereocenters. The van der Waals surface area contributed by atoms with Gasteiger partial charge in [0.2, 0.25) is 15.9 Å². The Morgan fingerprint density at radius 3 is 2.95 bits per heavy atom. The van der Waals surface area contributed by atoms with Gasteiger partial charge in [0.25, 0.3) is 0 Å². The van der Waals surface area contributed by atoms with E-state index < -0.39 is 10.0 Å². The highest BCUT2D eigenvalue weighted by atomic mass is 32.2. The van der Waals surface area contributed by atoms with Crippen molar-refractivity contribution in [2.24, 2.45) is 0 Å². The molecule has 0 aliphatic carbocycles. The normalized spacial score (nSPS) is 14.8. The number of hydrogen-bond donors (Lipinski definition) is 2. The van der Waals surface area contributed by atoms with Crippen molar-refractivity contribution >= 4 is 33.4 Å². The maximum Gasteiger partial charge on any atom is 0.234 e. The number of rotatable bonds is 6. The van der Waals surface area contributed by atoms with Crippen molar-refractivity contribution < 1.29 is 13.2 Å². The standard InChI is InChI=1S/C13H18N2O3S2/c1-2-7-20(17,18)14-6-5-10-3-4-12-11(8-10)15-13(16)9-19-12/h3-4,8,14H,2,5-7,9H2,1H3,(H,15,16). The van der Waals surface area contributed by atoms with Gasteiger partial charge in [-0.3, -0.25) is 4.79 Å². The fraction of sp³-hybridized carbons (Fsp3) is 0.462. The monoisotopic (exact) mass is 314 g/mol. The van der Waals surface area contributed by atoms with Gasteiger partial charge in [-0.05, 0) is 30.5 Å². The van der Waals surface area contributed by atoms with E-state index in [1.165, 1.54) is 11.8 Å². The summed E-state index contributed by atoms with van der Waals surface area (Å²) in [7, 11) is -3.15. The molecule has 0 aromatic heterocycles. The molecule has 1 aliphatic rings. The number of carbonyl (C=O) groups excluding carboxylic acids is 1. The maximum atomic E-state index is 11.5.